The van der Waals surface area contributed by atoms with Gasteiger partial charge in [-0.2, -0.15) is 4.39 Å². The molecule has 5 rings (SSSR count). The van der Waals surface area contributed by atoms with Gasteiger partial charge in [0.25, 0.3) is 0 Å². The van der Waals surface area contributed by atoms with E-state index in [1.807, 2.05) is 39.9 Å². The predicted molar refractivity (Wildman–Crippen MR) is 112 cm³/mol. The molecule has 3 aliphatic heterocycles. The number of nitrogens with one attached hydrogen (secondary N) is 1. The molecule has 1 saturated heterocycles. The number of allylic oxidation sites excluding steroid dienone is 1. The second-order valence-electron chi connectivity index (χ2n) is 8.27. The Morgan fingerprint density at radius 2 is 1.97 bits per heavy atom. The molecule has 6 nitrogen and oxygen atoms in total. The van der Waals surface area contributed by atoms with Crippen LogP contribution < -0.4 is 5.32 Å². The van der Waals surface area contributed by atoms with Gasteiger partial charge in [0.2, 0.25) is 11.9 Å². The van der Waals surface area contributed by atoms with E-state index in [2.05, 4.69) is 10.2 Å². The zero-order valence-electron chi connectivity index (χ0n) is 17.2. The number of likely N-dealkylation sites (N-methyl/N-ethyl adjacent to an activating group) is 1. The van der Waals surface area contributed by atoms with Gasteiger partial charge in [-0.3, -0.25) is 9.69 Å². The number of carbonyl (C=O) groups is 1. The average molecular weight is 413 g/mol. The number of nitrogens with zero attached hydrogens (tertiary/aromatic N) is 4. The topological polar surface area (TPSA) is 43.8 Å². The van der Waals surface area contributed by atoms with Crippen LogP contribution in [0.2, 0.25) is 0 Å². The van der Waals surface area contributed by atoms with E-state index in [4.69, 9.17) is 0 Å². The number of rotatable bonds is 3. The molecule has 1 fully saturated rings. The van der Waals surface area contributed by atoms with Crippen LogP contribution in [0, 0.1) is 5.82 Å². The largest absolute Gasteiger partial charge is 0.365 e. The molecule has 3 aliphatic rings. The first-order valence-electron chi connectivity index (χ1n) is 10.3. The first kappa shape index (κ1) is 19.1. The number of hydrogen-bond acceptors (Lipinski definition) is 4. The lowest BCUT2D eigenvalue weighted by molar-refractivity contribution is -0.118. The molecule has 4 heterocycles. The van der Waals surface area contributed by atoms with E-state index >= 15 is 4.39 Å². The van der Waals surface area contributed by atoms with E-state index in [0.717, 1.165) is 10.9 Å². The summed E-state index contributed by atoms with van der Waals surface area (Å²) in [5, 5.41) is 3.67. The van der Waals surface area contributed by atoms with Gasteiger partial charge in [0.05, 0.1) is 11.2 Å². The maximum absolute atomic E-state index is 15.3. The molecule has 0 unspecified atom stereocenters. The van der Waals surface area contributed by atoms with Gasteiger partial charge in [-0.25, -0.2) is 4.39 Å². The van der Waals surface area contributed by atoms with Crippen LogP contribution in [0.1, 0.15) is 18.5 Å². The number of aromatic nitrogens is 1. The molecule has 1 atom stereocenters. The highest BCUT2D eigenvalue weighted by Gasteiger charge is 2.29. The first-order valence-corrected chi connectivity index (χ1v) is 10.3. The molecule has 0 aliphatic carbocycles. The van der Waals surface area contributed by atoms with E-state index in [0.29, 0.717) is 50.5 Å². The van der Waals surface area contributed by atoms with Gasteiger partial charge in [-0.05, 0) is 25.1 Å². The Labute approximate surface area is 174 Å². The van der Waals surface area contributed by atoms with Crippen LogP contribution in [0.15, 0.2) is 42.1 Å². The SMILES string of the molecule is C[C@@H]1C(=O)Nc2c(F)c(CN3CCN(C4=C(F)N(C)CC=C4)CC3)cc3ccn1c23. The molecule has 2 aromatic rings. The molecular formula is C22H25F2N5O. The molecule has 8 heteroatoms. The van der Waals surface area contributed by atoms with E-state index in [-0.39, 0.29) is 29.4 Å². The minimum Gasteiger partial charge on any atom is -0.365 e. The third-order valence-electron chi connectivity index (χ3n) is 6.37. The lowest BCUT2D eigenvalue weighted by atomic mass is 10.1. The zero-order chi connectivity index (χ0) is 21.0. The van der Waals surface area contributed by atoms with Crippen molar-refractivity contribution in [2.45, 2.75) is 19.5 Å². The van der Waals surface area contributed by atoms with Crippen molar-refractivity contribution in [3.8, 4) is 0 Å². The summed E-state index contributed by atoms with van der Waals surface area (Å²) in [4.78, 5) is 18.0. The van der Waals surface area contributed by atoms with Crippen molar-refractivity contribution in [3.63, 3.8) is 0 Å². The van der Waals surface area contributed by atoms with Gasteiger partial charge in [0, 0.05) is 63.5 Å². The highest BCUT2D eigenvalue weighted by molar-refractivity contribution is 6.06. The summed E-state index contributed by atoms with van der Waals surface area (Å²) in [6.45, 7) is 5.63. The molecule has 30 heavy (non-hydrogen) atoms. The van der Waals surface area contributed by atoms with E-state index in [1.54, 1.807) is 18.9 Å². The van der Waals surface area contributed by atoms with Crippen LogP contribution in [0.4, 0.5) is 14.5 Å². The van der Waals surface area contributed by atoms with Gasteiger partial charge < -0.3 is 19.7 Å². The Morgan fingerprint density at radius 3 is 2.73 bits per heavy atom. The quantitative estimate of drug-likeness (QED) is 0.786. The van der Waals surface area contributed by atoms with Gasteiger partial charge in [0.1, 0.15) is 11.7 Å². The minimum atomic E-state index is -0.365. The van der Waals surface area contributed by atoms with Crippen LogP contribution in [-0.4, -0.2) is 64.9 Å². The molecule has 158 valence electrons. The number of hydrogen-bond donors (Lipinski definition) is 1. The Morgan fingerprint density at radius 1 is 1.20 bits per heavy atom. The summed E-state index contributed by atoms with van der Waals surface area (Å²) < 4.78 is 31.5. The third kappa shape index (κ3) is 2.98. The first-order chi connectivity index (χ1) is 14.4. The van der Waals surface area contributed by atoms with Crippen molar-refractivity contribution >= 4 is 22.5 Å². The standard InChI is InChI=1S/C22H25F2N5O/c1-14-22(30)25-19-18(23)16(12-15-5-7-29(14)20(15)19)13-27-8-10-28(11-9-27)17-4-3-6-26(2)21(17)24/h3-5,7,12,14H,6,8-11,13H2,1-2H3,(H,25,30)/t14-/m1/s1. The van der Waals surface area contributed by atoms with Gasteiger partial charge in [-0.15, -0.1) is 0 Å². The van der Waals surface area contributed by atoms with Crippen LogP contribution in [0.3, 0.4) is 0 Å². The Kier molecular flexibility index (Phi) is 4.54. The van der Waals surface area contributed by atoms with Crippen LogP contribution >= 0.6 is 0 Å². The van der Waals surface area contributed by atoms with Crippen molar-refractivity contribution in [3.05, 3.63) is 53.5 Å². The number of anilines is 1. The van der Waals surface area contributed by atoms with Crippen LogP contribution in [0.25, 0.3) is 10.9 Å². The molecule has 0 saturated carbocycles. The molecule has 1 aromatic carbocycles. The van der Waals surface area contributed by atoms with Gasteiger partial charge in [-0.1, -0.05) is 6.08 Å². The minimum absolute atomic E-state index is 0.198. The van der Waals surface area contributed by atoms with Crippen molar-refractivity contribution in [2.24, 2.45) is 0 Å². The zero-order valence-corrected chi connectivity index (χ0v) is 17.2. The van der Waals surface area contributed by atoms with Crippen LogP contribution in [0.5, 0.6) is 0 Å². The maximum atomic E-state index is 15.3. The summed E-state index contributed by atoms with van der Waals surface area (Å²) in [5.74, 6) is -0.766. The fourth-order valence-electron chi connectivity index (χ4n) is 4.57. The predicted octanol–water partition coefficient (Wildman–Crippen LogP) is 3.05. The van der Waals surface area contributed by atoms with Crippen LogP contribution in [-0.2, 0) is 11.3 Å². The second kappa shape index (κ2) is 7.12. The highest BCUT2D eigenvalue weighted by atomic mass is 19.1. The molecule has 0 bridgehead atoms. The Bertz CT molecular complexity index is 1080. The number of carbonyl (C=O) groups excluding carboxylic acids is 1. The van der Waals surface area contributed by atoms with E-state index < -0.39 is 0 Å². The summed E-state index contributed by atoms with van der Waals surface area (Å²) in [5.41, 5.74) is 2.21. The number of piperazine rings is 1. The smallest absolute Gasteiger partial charge is 0.247 e. The lowest BCUT2D eigenvalue weighted by Gasteiger charge is -2.38. The molecule has 1 aromatic heterocycles. The molecule has 0 radical (unpaired) electrons. The Hall–Kier alpha value is -2.87. The van der Waals surface area contributed by atoms with Crippen molar-refractivity contribution < 1.29 is 13.6 Å². The van der Waals surface area contributed by atoms with Gasteiger partial charge >= 0.3 is 0 Å². The number of amides is 1. The van der Waals surface area contributed by atoms with Crippen molar-refractivity contribution in [1.82, 2.24) is 19.3 Å². The van der Waals surface area contributed by atoms with E-state index in [9.17, 15) is 9.18 Å². The molecule has 1 N–H and O–H groups in total. The number of benzene rings is 1. The van der Waals surface area contributed by atoms with Gasteiger partial charge in [0.15, 0.2) is 5.82 Å². The summed E-state index contributed by atoms with van der Waals surface area (Å²) >= 11 is 0. The normalized spacial score (nSPS) is 22.3. The fraction of sp³-hybridized carbons (Fsp3) is 0.409. The number of halogens is 2. The summed E-state index contributed by atoms with van der Waals surface area (Å²) in [6, 6.07) is 3.45. The molecule has 0 spiro atoms. The van der Waals surface area contributed by atoms with Crippen molar-refractivity contribution in [1.29, 1.82) is 0 Å². The summed E-state index contributed by atoms with van der Waals surface area (Å²) in [6.07, 6.45) is 5.65. The molecular weight excluding hydrogens is 388 g/mol. The lowest BCUT2D eigenvalue weighted by Crippen LogP contribution is -2.46. The summed E-state index contributed by atoms with van der Waals surface area (Å²) in [7, 11) is 1.74. The second-order valence-corrected chi connectivity index (χ2v) is 8.27. The third-order valence-corrected chi connectivity index (χ3v) is 6.37. The van der Waals surface area contributed by atoms with E-state index in [1.165, 1.54) is 0 Å². The maximum Gasteiger partial charge on any atom is 0.247 e. The monoisotopic (exact) mass is 413 g/mol. The van der Waals surface area contributed by atoms with Crippen molar-refractivity contribution in [2.75, 3.05) is 45.1 Å². The molecule has 1 amide bonds. The highest BCUT2D eigenvalue weighted by Crippen LogP contribution is 2.36. The fourth-order valence-corrected chi connectivity index (χ4v) is 4.57. The Balaban J connectivity index is 1.34. The average Bonchev–Trinajstić information content (AvgIpc) is 3.16.